The smallest absolute Gasteiger partial charge is 0.410 e. The molecule has 0 bridgehead atoms. The highest BCUT2D eigenvalue weighted by Crippen LogP contribution is 2.35. The van der Waals surface area contributed by atoms with E-state index in [1.54, 1.807) is 30.2 Å². The molecule has 0 saturated carbocycles. The number of nitriles is 1. The van der Waals surface area contributed by atoms with Gasteiger partial charge in [-0.2, -0.15) is 10.2 Å². The number of piperazine rings is 1. The number of rotatable bonds is 8. The lowest BCUT2D eigenvalue weighted by Crippen LogP contribution is -2.54. The van der Waals surface area contributed by atoms with Crippen molar-refractivity contribution in [3.8, 4) is 29.0 Å². The average molecular weight is 691 g/mol. The van der Waals surface area contributed by atoms with Crippen LogP contribution in [0.1, 0.15) is 46.6 Å². The molecule has 3 heterocycles. The van der Waals surface area contributed by atoms with E-state index in [-0.39, 0.29) is 48.9 Å². The van der Waals surface area contributed by atoms with Crippen LogP contribution in [0.4, 0.5) is 26.5 Å². The molecule has 2 saturated heterocycles. The van der Waals surface area contributed by atoms with E-state index in [4.69, 9.17) is 14.2 Å². The van der Waals surface area contributed by atoms with Gasteiger partial charge in [0.05, 0.1) is 24.9 Å². The minimum absolute atomic E-state index is 0.0167. The van der Waals surface area contributed by atoms with Gasteiger partial charge in [-0.1, -0.05) is 0 Å². The number of nitrogens with one attached hydrogen (secondary N) is 1. The first-order chi connectivity index (χ1) is 23.8. The lowest BCUT2D eigenvalue weighted by atomic mass is 10.0. The van der Waals surface area contributed by atoms with Crippen LogP contribution in [0.2, 0.25) is 0 Å². The number of likely N-dealkylation sites (tertiary alicyclic amines) is 1. The number of nitrogens with zero attached hydrogens (tertiary/aromatic N) is 7. The SMILES string of the molecule is COc1cc(Nc2ncnc(-c3ccc(O[C@H]4CCN(C(=O)[C@H](C)O)C[C@@H]4F)c(C#N)c3)n2)ccc1N1CCN(C(=O)OC(C)(C)C)CC1C. The molecule has 2 amide bonds. The zero-order valence-corrected chi connectivity index (χ0v) is 29.1. The quantitative estimate of drug-likeness (QED) is 0.345. The Morgan fingerprint density at radius 3 is 2.52 bits per heavy atom. The van der Waals surface area contributed by atoms with E-state index in [1.165, 1.54) is 18.2 Å². The van der Waals surface area contributed by atoms with E-state index < -0.39 is 29.9 Å². The van der Waals surface area contributed by atoms with Crippen LogP contribution >= 0.6 is 0 Å². The van der Waals surface area contributed by atoms with Crippen molar-refractivity contribution >= 4 is 29.3 Å². The van der Waals surface area contributed by atoms with Crippen molar-refractivity contribution in [2.24, 2.45) is 0 Å². The predicted molar refractivity (Wildman–Crippen MR) is 183 cm³/mol. The number of anilines is 3. The van der Waals surface area contributed by atoms with Crippen LogP contribution in [0.25, 0.3) is 11.4 Å². The van der Waals surface area contributed by atoms with Gasteiger partial charge < -0.3 is 39.3 Å². The van der Waals surface area contributed by atoms with Gasteiger partial charge in [-0.05, 0) is 65.0 Å². The highest BCUT2D eigenvalue weighted by Gasteiger charge is 2.35. The maximum atomic E-state index is 14.9. The maximum Gasteiger partial charge on any atom is 0.410 e. The zero-order chi connectivity index (χ0) is 36.2. The first kappa shape index (κ1) is 36.1. The second-order valence-electron chi connectivity index (χ2n) is 13.4. The largest absolute Gasteiger partial charge is 0.495 e. The Kier molecular flexibility index (Phi) is 10.9. The fraction of sp³-hybridized carbons (Fsp3) is 0.486. The van der Waals surface area contributed by atoms with Gasteiger partial charge in [0.15, 0.2) is 12.0 Å². The molecule has 2 aromatic carbocycles. The standard InChI is InChI=1S/C35H43FN8O6/c1-21-18-43(34(47)50-35(3,4)5)13-14-44(21)27-9-8-25(16-30(27)48-6)40-33-39-20-38-31(41-33)23-7-10-28(24(15-23)17-37)49-29-11-12-42(19-26(29)36)32(46)22(2)45/h7-10,15-16,20-22,26,29,45H,11-14,18-19H2,1-6H3,(H,38,39,40,41)/t21?,22-,26-,29-/m0/s1. The van der Waals surface area contributed by atoms with Gasteiger partial charge in [-0.15, -0.1) is 0 Å². The van der Waals surface area contributed by atoms with Crippen molar-refractivity contribution in [3.05, 3.63) is 48.3 Å². The lowest BCUT2D eigenvalue weighted by Gasteiger charge is -2.41. The summed E-state index contributed by atoms with van der Waals surface area (Å²) in [5, 5.41) is 22.6. The van der Waals surface area contributed by atoms with Gasteiger partial charge in [0.25, 0.3) is 5.91 Å². The average Bonchev–Trinajstić information content (AvgIpc) is 3.08. The Morgan fingerprint density at radius 2 is 1.86 bits per heavy atom. The van der Waals surface area contributed by atoms with Gasteiger partial charge >= 0.3 is 6.09 Å². The summed E-state index contributed by atoms with van der Waals surface area (Å²) < 4.78 is 32.1. The summed E-state index contributed by atoms with van der Waals surface area (Å²) in [5.74, 6) is 0.879. The van der Waals surface area contributed by atoms with E-state index in [0.29, 0.717) is 42.5 Å². The molecule has 266 valence electrons. The summed E-state index contributed by atoms with van der Waals surface area (Å²) in [6, 6.07) is 12.6. The van der Waals surface area contributed by atoms with Gasteiger partial charge in [0.2, 0.25) is 5.95 Å². The van der Waals surface area contributed by atoms with Crippen LogP contribution < -0.4 is 19.7 Å². The van der Waals surface area contributed by atoms with Gasteiger partial charge in [0.1, 0.15) is 41.7 Å². The third-order valence-corrected chi connectivity index (χ3v) is 8.38. The number of amides is 2. The second-order valence-corrected chi connectivity index (χ2v) is 13.4. The summed E-state index contributed by atoms with van der Waals surface area (Å²) in [6.07, 6.45) is -2.30. The number of benzene rings is 2. The second kappa shape index (κ2) is 15.1. The number of hydrogen-bond donors (Lipinski definition) is 2. The molecule has 50 heavy (non-hydrogen) atoms. The molecule has 0 radical (unpaired) electrons. The molecular formula is C35H43FN8O6. The number of aliphatic hydroxyl groups excluding tert-OH is 1. The third kappa shape index (κ3) is 8.49. The van der Waals surface area contributed by atoms with Gasteiger partial charge in [0, 0.05) is 56.0 Å². The lowest BCUT2D eigenvalue weighted by molar-refractivity contribution is -0.143. The molecule has 1 unspecified atom stereocenters. The number of ether oxygens (including phenoxy) is 3. The van der Waals surface area contributed by atoms with Crippen LogP contribution in [-0.4, -0.2) is 112 Å². The number of hydrogen-bond acceptors (Lipinski definition) is 12. The van der Waals surface area contributed by atoms with Crippen molar-refractivity contribution < 1.29 is 33.3 Å². The maximum absolute atomic E-state index is 14.9. The van der Waals surface area contributed by atoms with Gasteiger partial charge in [-0.25, -0.2) is 19.2 Å². The topological polar surface area (TPSA) is 166 Å². The molecule has 5 rings (SSSR count). The highest BCUT2D eigenvalue weighted by molar-refractivity contribution is 5.80. The number of carbonyl (C=O) groups excluding carboxylic acids is 2. The third-order valence-electron chi connectivity index (χ3n) is 8.38. The summed E-state index contributed by atoms with van der Waals surface area (Å²) in [6.45, 7) is 10.6. The molecule has 2 fully saturated rings. The molecule has 2 aliphatic heterocycles. The monoisotopic (exact) mass is 690 g/mol. The molecule has 3 aromatic rings. The first-order valence-electron chi connectivity index (χ1n) is 16.5. The minimum atomic E-state index is -1.49. The van der Waals surface area contributed by atoms with Crippen LogP contribution in [0.3, 0.4) is 0 Å². The molecule has 1 aromatic heterocycles. The number of aromatic nitrogens is 3. The molecule has 15 heteroatoms. The molecule has 2 aliphatic rings. The van der Waals surface area contributed by atoms with Crippen LogP contribution in [0.5, 0.6) is 11.5 Å². The number of piperidine rings is 1. The van der Waals surface area contributed by atoms with E-state index >= 15 is 0 Å². The summed E-state index contributed by atoms with van der Waals surface area (Å²) in [5.41, 5.74) is 1.70. The van der Waals surface area contributed by atoms with Crippen LogP contribution in [-0.2, 0) is 9.53 Å². The Bertz CT molecular complexity index is 1740. The number of methoxy groups -OCH3 is 1. The van der Waals surface area contributed by atoms with Gasteiger partial charge in [-0.3, -0.25) is 4.79 Å². The van der Waals surface area contributed by atoms with Crippen molar-refractivity contribution in [2.45, 2.75) is 71.1 Å². The van der Waals surface area contributed by atoms with Crippen molar-refractivity contribution in [1.82, 2.24) is 24.8 Å². The van der Waals surface area contributed by atoms with Crippen molar-refractivity contribution in [1.29, 1.82) is 5.26 Å². The first-order valence-corrected chi connectivity index (χ1v) is 16.5. The fourth-order valence-corrected chi connectivity index (χ4v) is 5.93. The van der Waals surface area contributed by atoms with E-state index in [2.05, 4.69) is 38.2 Å². The minimum Gasteiger partial charge on any atom is -0.495 e. The Labute approximate surface area is 290 Å². The van der Waals surface area contributed by atoms with Crippen LogP contribution in [0.15, 0.2) is 42.7 Å². The van der Waals surface area contributed by atoms with Crippen molar-refractivity contribution in [3.63, 3.8) is 0 Å². The fourth-order valence-electron chi connectivity index (χ4n) is 5.93. The summed E-state index contributed by atoms with van der Waals surface area (Å²) >= 11 is 0. The normalized spacial score (nSPS) is 20.1. The van der Waals surface area contributed by atoms with E-state index in [1.807, 2.05) is 39.0 Å². The van der Waals surface area contributed by atoms with Crippen molar-refractivity contribution in [2.75, 3.05) is 50.1 Å². The molecule has 2 N–H and O–H groups in total. The molecule has 14 nitrogen and oxygen atoms in total. The Hall–Kier alpha value is -5.23. The zero-order valence-electron chi connectivity index (χ0n) is 29.1. The Morgan fingerprint density at radius 1 is 1.08 bits per heavy atom. The van der Waals surface area contributed by atoms with E-state index in [9.17, 15) is 24.3 Å². The Balaban J connectivity index is 1.25. The molecule has 0 spiro atoms. The molecular weight excluding hydrogens is 647 g/mol. The number of aliphatic hydroxyl groups is 1. The van der Waals surface area contributed by atoms with E-state index in [0.717, 1.165) is 5.69 Å². The summed E-state index contributed by atoms with van der Waals surface area (Å²) in [4.78, 5) is 42.9. The number of carbonyl (C=O) groups is 2. The molecule has 0 aliphatic carbocycles. The van der Waals surface area contributed by atoms with Crippen LogP contribution in [0, 0.1) is 11.3 Å². The highest BCUT2D eigenvalue weighted by atomic mass is 19.1. The number of halogens is 1. The summed E-state index contributed by atoms with van der Waals surface area (Å²) in [7, 11) is 1.60. The predicted octanol–water partition coefficient (Wildman–Crippen LogP) is 4.31. The molecule has 4 atom stereocenters. The number of alkyl halides is 1.